The number of aryl methyl sites for hydroxylation is 1. The highest BCUT2D eigenvalue weighted by molar-refractivity contribution is 7.91. The van der Waals surface area contributed by atoms with Crippen LogP contribution >= 0.6 is 0 Å². The first-order chi connectivity index (χ1) is 70.3. The van der Waals surface area contributed by atoms with Gasteiger partial charge in [0.2, 0.25) is 11.9 Å². The Morgan fingerprint density at radius 2 is 0.689 bits per heavy atom. The lowest BCUT2D eigenvalue weighted by Crippen LogP contribution is -2.49. The first-order valence-electron chi connectivity index (χ1n) is 49.1. The first kappa shape index (κ1) is 104. The van der Waals surface area contributed by atoms with E-state index >= 15 is 17.6 Å². The summed E-state index contributed by atoms with van der Waals surface area (Å²) in [6.45, 7) is 20.8. The van der Waals surface area contributed by atoms with Gasteiger partial charge >= 0.3 is 0 Å². The molecule has 20 rings (SSSR count). The van der Waals surface area contributed by atoms with E-state index in [9.17, 15) is 70.3 Å². The van der Waals surface area contributed by atoms with Crippen LogP contribution in [0.1, 0.15) is 157 Å². The number of Topliss-reactive ketones (excluding diaryl/α,β-unsaturated/α-hetero) is 4. The molecule has 35 heteroatoms. The molecule has 0 saturated carbocycles. The van der Waals surface area contributed by atoms with Crippen LogP contribution in [-0.4, -0.2) is 164 Å². The Bertz CT molecular complexity index is 8060. The second-order valence-corrected chi connectivity index (χ2v) is 47.3. The summed E-state index contributed by atoms with van der Waals surface area (Å²) in [6.07, 6.45) is 19.1. The number of carbonyl (C=O) groups excluding carboxylic acids is 5. The molecular formula is C113H107F4N17O11S3. The van der Waals surface area contributed by atoms with Crippen molar-refractivity contribution in [2.45, 2.75) is 160 Å². The zero-order valence-electron chi connectivity index (χ0n) is 83.7. The maximum Gasteiger partial charge on any atom is 0.226 e. The predicted molar refractivity (Wildman–Crippen MR) is 547 cm³/mol. The van der Waals surface area contributed by atoms with E-state index in [1.807, 2.05) is 66.4 Å². The Morgan fingerprint density at radius 3 is 0.980 bits per heavy atom. The molecule has 28 nitrogen and oxygen atoms in total. The van der Waals surface area contributed by atoms with E-state index in [0.717, 1.165) is 40.6 Å². The number of anilines is 1. The minimum Gasteiger partial charge on any atom is -0.339 e. The van der Waals surface area contributed by atoms with Crippen molar-refractivity contribution in [3.63, 3.8) is 0 Å². The predicted octanol–water partition coefficient (Wildman–Crippen LogP) is 17.0. The number of hydrogen-bond donors (Lipinski definition) is 0. The maximum absolute atomic E-state index is 15.1. The second kappa shape index (κ2) is 41.1. The normalized spacial score (nSPS) is 23.5. The molecule has 9 aliphatic rings. The van der Waals surface area contributed by atoms with Gasteiger partial charge in [0.25, 0.3) is 0 Å². The second-order valence-electron chi connectivity index (χ2n) is 40.5. The van der Waals surface area contributed by atoms with Crippen LogP contribution in [0.4, 0.5) is 23.5 Å². The van der Waals surface area contributed by atoms with Crippen LogP contribution < -0.4 is 4.90 Å². The number of benzene rings is 4. The van der Waals surface area contributed by atoms with Crippen molar-refractivity contribution >= 4 is 64.5 Å². The molecule has 11 aromatic rings. The van der Waals surface area contributed by atoms with Gasteiger partial charge in [-0.3, -0.25) is 38.9 Å². The van der Waals surface area contributed by atoms with Gasteiger partial charge in [0.1, 0.15) is 57.4 Å². The maximum atomic E-state index is 15.1. The molecule has 0 radical (unpaired) electrons. The van der Waals surface area contributed by atoms with E-state index in [0.29, 0.717) is 190 Å². The highest BCUT2D eigenvalue weighted by Gasteiger charge is 2.55. The molecule has 756 valence electrons. The molecule has 8 aliphatic carbocycles. The number of carbonyl (C=O) groups is 5. The molecule has 1 fully saturated rings. The van der Waals surface area contributed by atoms with Gasteiger partial charge in [0.15, 0.2) is 60.3 Å². The van der Waals surface area contributed by atoms with Crippen LogP contribution in [0, 0.1) is 116 Å². The molecule has 1 saturated heterocycles. The van der Waals surface area contributed by atoms with E-state index in [-0.39, 0.29) is 134 Å². The summed E-state index contributed by atoms with van der Waals surface area (Å²) >= 11 is 0. The van der Waals surface area contributed by atoms with E-state index in [1.54, 1.807) is 158 Å². The number of hydrogen-bond acceptors (Lipinski definition) is 27. The Morgan fingerprint density at radius 1 is 0.399 bits per heavy atom. The Kier molecular flexibility index (Phi) is 29.0. The van der Waals surface area contributed by atoms with E-state index in [4.69, 9.17) is 39.9 Å². The van der Waals surface area contributed by atoms with Gasteiger partial charge in [-0.05, 0) is 160 Å². The summed E-state index contributed by atoms with van der Waals surface area (Å²) < 4.78 is 132. The number of rotatable bonds is 16. The fourth-order valence-electron chi connectivity index (χ4n) is 23.4. The standard InChI is InChI=1S/2C29H27FN4O3S.C28H25FN4O3S.C27H28FN5O2/c1-17-23-9-8-22-25(21-6-4-5-7-24(21)30)33-28(18-10-12-32-20(14-18)11-13-38(3,36)37)34-27(22)29(23,2)15-19(16-31)26(17)35;1-4-38(36,37)16-20-13-18(11-12-32-20)28-33-25(21-7-5-6-8-24(21)30)22-9-10-23-17(2)26(35)19(15-31)14-29(23,3)27(22)34-28;1-16-22-9-8-21-24(20-6-4-5-7-23(20)29)32-27(17-10-11-31-19(12-17)15-37(3,35)36)33-26(21)28(22,2)13-18(14-30)25(16)34;1-16-21-9-8-20-23(19-6-4-5-7-22(19)28)30-26(33-12-10-32(11-13-33)17(2)34)31-25(20)27(21,3)14-18(15-29)24(16)35/h4-7,10,12,14-15,17,23H,8-9,11,13H2,1-3H3;5-8,11-14,17,23H,4,9-10,16H2,1-3H3;4-7,10-13,16,22H,8-9,15H2,1-3H3;4-7,14,16,21H,8-13H2,1-3H3/t2*17-,23-,29-;16-,22-,28-;16-,21-,27-/m1111/s1. The topological polar surface area (TPSA) is 431 Å². The van der Waals surface area contributed by atoms with E-state index in [2.05, 4.69) is 33.2 Å². The fraction of sp³-hybridized carbons (Fsp3) is 0.363. The van der Waals surface area contributed by atoms with Crippen molar-refractivity contribution in [3.8, 4) is 103 Å². The zero-order valence-corrected chi connectivity index (χ0v) is 86.2. The average Bonchev–Trinajstić information content (AvgIpc) is 0.729. The van der Waals surface area contributed by atoms with Crippen molar-refractivity contribution in [1.29, 1.82) is 21.0 Å². The zero-order chi connectivity index (χ0) is 106. The lowest BCUT2D eigenvalue weighted by molar-refractivity contribution is -0.129. The first-order valence-corrected chi connectivity index (χ1v) is 55.1. The van der Waals surface area contributed by atoms with Gasteiger partial charge in [0.05, 0.1) is 96.5 Å². The molecule has 4 aromatic carbocycles. The van der Waals surface area contributed by atoms with Crippen LogP contribution in [0.2, 0.25) is 0 Å². The third-order valence-corrected chi connectivity index (χ3v) is 34.4. The molecule has 0 N–H and O–H groups in total. The summed E-state index contributed by atoms with van der Waals surface area (Å²) in [5.74, 6) is -2.88. The third kappa shape index (κ3) is 20.1. The van der Waals surface area contributed by atoms with Gasteiger partial charge in [-0.25, -0.2) is 82.7 Å². The lowest BCUT2D eigenvalue weighted by Gasteiger charge is -2.46. The van der Waals surface area contributed by atoms with Gasteiger partial charge in [-0.1, -0.05) is 135 Å². The number of ketones is 4. The number of piperazine rings is 1. The largest absolute Gasteiger partial charge is 0.339 e. The van der Waals surface area contributed by atoms with Crippen molar-refractivity contribution in [2.75, 3.05) is 55.1 Å². The van der Waals surface area contributed by atoms with Gasteiger partial charge in [0, 0.05) is 189 Å². The molecule has 8 heterocycles. The Balaban J connectivity index is 0.000000135. The van der Waals surface area contributed by atoms with Crippen LogP contribution in [0.25, 0.3) is 79.2 Å². The van der Waals surface area contributed by atoms with Crippen LogP contribution in [0.5, 0.6) is 0 Å². The molecule has 0 bridgehead atoms. The van der Waals surface area contributed by atoms with Crippen LogP contribution in [0.3, 0.4) is 0 Å². The number of fused-ring (bicyclic) bond motifs is 12. The summed E-state index contributed by atoms with van der Waals surface area (Å²) in [5, 5.41) is 38.7. The third-order valence-electron chi connectivity index (χ3n) is 31.0. The van der Waals surface area contributed by atoms with Gasteiger partial charge < -0.3 is 9.80 Å². The van der Waals surface area contributed by atoms with E-state index < -0.39 is 68.6 Å². The molecule has 0 spiro atoms. The number of halogens is 4. The minimum atomic E-state index is -3.32. The van der Waals surface area contributed by atoms with Crippen molar-refractivity contribution in [2.24, 2.45) is 47.3 Å². The highest BCUT2D eigenvalue weighted by atomic mass is 32.2. The van der Waals surface area contributed by atoms with E-state index in [1.165, 1.54) is 42.9 Å². The van der Waals surface area contributed by atoms with Gasteiger partial charge in [-0.2, -0.15) is 21.0 Å². The summed E-state index contributed by atoms with van der Waals surface area (Å²) in [7, 11) is -9.80. The number of aromatic nitrogens is 11. The minimum absolute atomic E-state index is 0.00407. The van der Waals surface area contributed by atoms with Crippen molar-refractivity contribution < 1.29 is 66.8 Å². The van der Waals surface area contributed by atoms with Crippen molar-refractivity contribution in [3.05, 3.63) is 284 Å². The molecule has 1 amide bonds. The fourth-order valence-corrected chi connectivity index (χ4v) is 25.5. The summed E-state index contributed by atoms with van der Waals surface area (Å²) in [5.41, 5.74) is 10.0. The van der Waals surface area contributed by atoms with Crippen LogP contribution in [-0.2, 0) is 119 Å². The molecule has 12 atom stereocenters. The van der Waals surface area contributed by atoms with Crippen molar-refractivity contribution in [1.82, 2.24) is 59.7 Å². The summed E-state index contributed by atoms with van der Waals surface area (Å²) in [6, 6.07) is 44.3. The molecule has 148 heavy (non-hydrogen) atoms. The quantitative estimate of drug-likeness (QED) is 0.0811. The number of pyridine rings is 3. The summed E-state index contributed by atoms with van der Waals surface area (Å²) in [4.78, 5) is 119. The number of amides is 1. The number of sulfone groups is 3. The Hall–Kier alpha value is -14.9. The van der Waals surface area contributed by atoms with Crippen LogP contribution in [0.15, 0.2) is 199 Å². The molecule has 7 aromatic heterocycles. The molecule has 1 aliphatic heterocycles. The van der Waals surface area contributed by atoms with Gasteiger partial charge in [-0.15, -0.1) is 0 Å². The molecular weight excluding hydrogens is 1940 g/mol. The average molecular weight is 2050 g/mol. The Labute approximate surface area is 856 Å². The number of nitriles is 4. The number of allylic oxidation sites excluding steroid dienone is 8. The SMILES string of the molecule is CC(=O)N1CCN(c2nc(-c3ccccc3F)c3c(n2)[C@]2(C)C=C(C#N)C(=O)[C@H](C)[C@H]2CC3)CC1.CCS(=O)(=O)Cc1cc(-c2nc(-c3ccccc3F)c3c(n2)[C@]2(C)C=C(C#N)C(=O)[C@H](C)[C@H]2CC3)ccn1.C[C@H]1C(=O)C(C#N)=C[C@@]2(C)c3nc(-c4ccnc(CCS(C)(=O)=O)c4)nc(-c4ccccc4F)c3CC[C@H]12.C[C@H]1C(=O)C(C#N)=C[C@@]2(C)c3nc(-c4ccnc(CS(C)(=O)=O)c4)nc(-c4ccccc4F)c3CC[C@H]12. The monoisotopic (exact) mass is 2050 g/mol. The number of nitrogens with zero attached hydrogens (tertiary/aromatic N) is 17. The lowest BCUT2D eigenvalue weighted by atomic mass is 9.57. The highest BCUT2D eigenvalue weighted by Crippen LogP contribution is 2.57. The molecule has 0 unspecified atom stereocenters. The smallest absolute Gasteiger partial charge is 0.226 e.